The Balaban J connectivity index is 2.65. The molecular weight excluding hydrogens is 278 g/mol. The highest BCUT2D eigenvalue weighted by Crippen LogP contribution is 2.13. The van der Waals surface area contributed by atoms with E-state index in [9.17, 15) is 8.42 Å². The van der Waals surface area contributed by atoms with Gasteiger partial charge in [-0.15, -0.1) is 0 Å². The van der Waals surface area contributed by atoms with Gasteiger partial charge in [0.2, 0.25) is 10.0 Å². The maximum atomic E-state index is 11.8. The minimum atomic E-state index is -3.31. The van der Waals surface area contributed by atoms with Crippen LogP contribution in [0.2, 0.25) is 0 Å². The van der Waals surface area contributed by atoms with E-state index in [1.807, 2.05) is 13.8 Å². The van der Waals surface area contributed by atoms with Crippen LogP contribution >= 0.6 is 0 Å². The van der Waals surface area contributed by atoms with Gasteiger partial charge in [-0.3, -0.25) is 4.72 Å². The molecular formula is C13H21N3O3S. The molecule has 0 aliphatic rings. The molecule has 0 aromatic heterocycles. The van der Waals surface area contributed by atoms with Crippen molar-refractivity contribution >= 4 is 21.5 Å². The first-order valence-electron chi connectivity index (χ1n) is 6.38. The van der Waals surface area contributed by atoms with Crippen LogP contribution in [0, 0.1) is 5.92 Å². The lowest BCUT2D eigenvalue weighted by molar-refractivity contribution is 0.317. The van der Waals surface area contributed by atoms with Crippen LogP contribution in [0.1, 0.15) is 25.8 Å². The highest BCUT2D eigenvalue weighted by atomic mass is 32.2. The summed E-state index contributed by atoms with van der Waals surface area (Å²) in [6.07, 6.45) is 0.938. The molecule has 0 aliphatic heterocycles. The molecule has 4 N–H and O–H groups in total. The molecule has 20 heavy (non-hydrogen) atoms. The van der Waals surface area contributed by atoms with E-state index < -0.39 is 10.0 Å². The molecule has 0 heterocycles. The number of rotatable bonds is 7. The molecule has 1 aromatic rings. The van der Waals surface area contributed by atoms with Gasteiger partial charge in [-0.25, -0.2) is 8.42 Å². The van der Waals surface area contributed by atoms with E-state index in [1.165, 1.54) is 0 Å². The molecule has 0 saturated heterocycles. The molecule has 6 nitrogen and oxygen atoms in total. The number of oxime groups is 1. The highest BCUT2D eigenvalue weighted by molar-refractivity contribution is 7.92. The summed E-state index contributed by atoms with van der Waals surface area (Å²) in [6, 6.07) is 6.79. The van der Waals surface area contributed by atoms with E-state index in [-0.39, 0.29) is 11.6 Å². The lowest BCUT2D eigenvalue weighted by Gasteiger charge is -2.10. The number of amidine groups is 1. The molecule has 0 spiro atoms. The third kappa shape index (κ3) is 5.92. The number of benzene rings is 1. The summed E-state index contributed by atoms with van der Waals surface area (Å²) >= 11 is 0. The van der Waals surface area contributed by atoms with Crippen LogP contribution in [-0.2, 0) is 16.4 Å². The molecule has 0 bridgehead atoms. The molecule has 112 valence electrons. The topological polar surface area (TPSA) is 105 Å². The van der Waals surface area contributed by atoms with Crippen LogP contribution in [-0.4, -0.2) is 25.2 Å². The van der Waals surface area contributed by atoms with Crippen molar-refractivity contribution < 1.29 is 13.6 Å². The fraction of sp³-hybridized carbons (Fsp3) is 0.462. The zero-order valence-corrected chi connectivity index (χ0v) is 12.5. The zero-order valence-electron chi connectivity index (χ0n) is 11.7. The Morgan fingerprint density at radius 1 is 1.35 bits per heavy atom. The predicted octanol–water partition coefficient (Wildman–Crippen LogP) is 1.76. The molecule has 1 rings (SSSR count). The van der Waals surface area contributed by atoms with Crippen LogP contribution in [0.25, 0.3) is 0 Å². The van der Waals surface area contributed by atoms with E-state index in [0.29, 0.717) is 24.4 Å². The van der Waals surface area contributed by atoms with Crippen molar-refractivity contribution in [1.82, 2.24) is 0 Å². The zero-order chi connectivity index (χ0) is 15.2. The monoisotopic (exact) mass is 299 g/mol. The second kappa shape index (κ2) is 7.14. The van der Waals surface area contributed by atoms with Crippen LogP contribution in [0.15, 0.2) is 29.4 Å². The quantitative estimate of drug-likeness (QED) is 0.309. The second-order valence-corrected chi connectivity index (χ2v) is 6.91. The van der Waals surface area contributed by atoms with E-state index in [0.717, 1.165) is 5.56 Å². The van der Waals surface area contributed by atoms with Gasteiger partial charge in [0, 0.05) is 12.1 Å². The summed E-state index contributed by atoms with van der Waals surface area (Å²) in [7, 11) is -3.31. The van der Waals surface area contributed by atoms with Gasteiger partial charge in [0.05, 0.1) is 5.75 Å². The average Bonchev–Trinajstić information content (AvgIpc) is 2.38. The standard InChI is InChI=1S/C13H21N3O3S/c1-10(2)7-8-20(18,19)16-12-5-3-11(4-6-12)9-13(14)15-17/h3-6,10,16-17H,7-9H2,1-2H3,(H2,14,15). The average molecular weight is 299 g/mol. The predicted molar refractivity (Wildman–Crippen MR) is 80.4 cm³/mol. The Hall–Kier alpha value is -1.76. The van der Waals surface area contributed by atoms with Crippen molar-refractivity contribution in [2.24, 2.45) is 16.8 Å². The fourth-order valence-electron chi connectivity index (χ4n) is 1.56. The first kappa shape index (κ1) is 16.3. The Morgan fingerprint density at radius 3 is 2.45 bits per heavy atom. The fourth-order valence-corrected chi connectivity index (χ4v) is 2.94. The second-order valence-electron chi connectivity index (χ2n) is 5.07. The lowest BCUT2D eigenvalue weighted by Crippen LogP contribution is -2.18. The SMILES string of the molecule is CC(C)CCS(=O)(=O)Nc1ccc(CC(N)=NO)cc1. The third-order valence-electron chi connectivity index (χ3n) is 2.70. The molecule has 0 saturated carbocycles. The number of anilines is 1. The molecule has 0 atom stereocenters. The minimum Gasteiger partial charge on any atom is -0.409 e. The van der Waals surface area contributed by atoms with Gasteiger partial charge in [0.25, 0.3) is 0 Å². The van der Waals surface area contributed by atoms with Crippen LogP contribution in [0.5, 0.6) is 0 Å². The van der Waals surface area contributed by atoms with Crippen LogP contribution < -0.4 is 10.5 Å². The summed E-state index contributed by atoms with van der Waals surface area (Å²) in [5.74, 6) is 0.557. The Labute approximate surface area is 119 Å². The van der Waals surface area contributed by atoms with Gasteiger partial charge < -0.3 is 10.9 Å². The molecule has 0 radical (unpaired) electrons. The van der Waals surface area contributed by atoms with E-state index in [4.69, 9.17) is 10.9 Å². The van der Waals surface area contributed by atoms with Crippen molar-refractivity contribution in [3.05, 3.63) is 29.8 Å². The summed E-state index contributed by atoms with van der Waals surface area (Å²) in [4.78, 5) is 0. The van der Waals surface area contributed by atoms with E-state index in [1.54, 1.807) is 24.3 Å². The van der Waals surface area contributed by atoms with E-state index >= 15 is 0 Å². The Morgan fingerprint density at radius 2 is 1.95 bits per heavy atom. The summed E-state index contributed by atoms with van der Waals surface area (Å²) < 4.78 is 26.2. The highest BCUT2D eigenvalue weighted by Gasteiger charge is 2.11. The Kier molecular flexibility index (Phi) is 5.82. The molecule has 1 aromatic carbocycles. The number of nitrogens with one attached hydrogen (secondary N) is 1. The first-order valence-corrected chi connectivity index (χ1v) is 8.03. The summed E-state index contributed by atoms with van der Waals surface area (Å²) in [6.45, 7) is 3.97. The third-order valence-corrected chi connectivity index (χ3v) is 4.02. The Bertz CT molecular complexity index is 551. The van der Waals surface area contributed by atoms with Crippen molar-refractivity contribution in [2.75, 3.05) is 10.5 Å². The van der Waals surface area contributed by atoms with Crippen LogP contribution in [0.4, 0.5) is 5.69 Å². The first-order chi connectivity index (χ1) is 9.32. The smallest absolute Gasteiger partial charge is 0.232 e. The normalized spacial score (nSPS) is 12.7. The van der Waals surface area contributed by atoms with Gasteiger partial charge >= 0.3 is 0 Å². The van der Waals surface area contributed by atoms with Crippen molar-refractivity contribution in [3.63, 3.8) is 0 Å². The molecule has 0 aliphatic carbocycles. The summed E-state index contributed by atoms with van der Waals surface area (Å²) in [5, 5.41) is 11.4. The van der Waals surface area contributed by atoms with Gasteiger partial charge in [0.15, 0.2) is 0 Å². The lowest BCUT2D eigenvalue weighted by atomic mass is 10.1. The molecule has 0 amide bonds. The van der Waals surface area contributed by atoms with Crippen molar-refractivity contribution in [3.8, 4) is 0 Å². The molecule has 0 fully saturated rings. The number of hydrogen-bond donors (Lipinski definition) is 3. The molecule has 7 heteroatoms. The van der Waals surface area contributed by atoms with Gasteiger partial charge in [0.1, 0.15) is 5.84 Å². The minimum absolute atomic E-state index is 0.107. The number of nitrogens with zero attached hydrogens (tertiary/aromatic N) is 1. The van der Waals surface area contributed by atoms with Crippen LogP contribution in [0.3, 0.4) is 0 Å². The van der Waals surface area contributed by atoms with Gasteiger partial charge in [-0.05, 0) is 30.0 Å². The maximum absolute atomic E-state index is 11.8. The molecule has 0 unspecified atom stereocenters. The number of hydrogen-bond acceptors (Lipinski definition) is 4. The van der Waals surface area contributed by atoms with Gasteiger partial charge in [-0.1, -0.05) is 31.1 Å². The largest absolute Gasteiger partial charge is 0.409 e. The van der Waals surface area contributed by atoms with Crippen molar-refractivity contribution in [2.45, 2.75) is 26.7 Å². The van der Waals surface area contributed by atoms with E-state index in [2.05, 4.69) is 9.88 Å². The number of nitrogens with two attached hydrogens (primary N) is 1. The number of sulfonamides is 1. The maximum Gasteiger partial charge on any atom is 0.232 e. The van der Waals surface area contributed by atoms with Gasteiger partial charge in [-0.2, -0.15) is 0 Å². The summed E-state index contributed by atoms with van der Waals surface area (Å²) in [5.41, 5.74) is 6.75. The van der Waals surface area contributed by atoms with Crippen molar-refractivity contribution in [1.29, 1.82) is 0 Å².